The fourth-order valence-electron chi connectivity index (χ4n) is 0.830. The lowest BCUT2D eigenvalue weighted by Gasteiger charge is -2.03. The van der Waals surface area contributed by atoms with Crippen LogP contribution in [0.25, 0.3) is 0 Å². The summed E-state index contributed by atoms with van der Waals surface area (Å²) in [6, 6.07) is 1.54. The van der Waals surface area contributed by atoms with Crippen molar-refractivity contribution in [1.29, 1.82) is 0 Å². The molecule has 88 valence electrons. The second-order valence-electron chi connectivity index (χ2n) is 2.90. The summed E-state index contributed by atoms with van der Waals surface area (Å²) in [5.74, 6) is -1.83. The molecule has 0 unspecified atom stereocenters. The Labute approximate surface area is 93.5 Å². The van der Waals surface area contributed by atoms with Crippen LogP contribution in [0, 0.1) is 6.92 Å². The molecule has 0 fully saturated rings. The summed E-state index contributed by atoms with van der Waals surface area (Å²) in [5, 5.41) is 7.65. The molecule has 1 aromatic heterocycles. The molecule has 16 heavy (non-hydrogen) atoms. The number of Topliss-reactive ketones (excluding diaryl/α,β-unsaturated/α-hetero) is 1. The number of rotatable bonds is 3. The summed E-state index contributed by atoms with van der Waals surface area (Å²) >= 11 is 5.16. The van der Waals surface area contributed by atoms with Crippen molar-refractivity contribution in [3.05, 3.63) is 23.0 Å². The number of alkyl halides is 3. The Hall–Kier alpha value is -1.50. The molecule has 0 aliphatic carbocycles. The molecule has 1 heterocycles. The molecule has 2 N–H and O–H groups in total. The zero-order chi connectivity index (χ0) is 12.3. The maximum atomic E-state index is 11.9. The zero-order valence-corrected chi connectivity index (χ0v) is 8.78. The predicted octanol–water partition coefficient (Wildman–Crippen LogP) is 2.34. The molecule has 0 bridgehead atoms. The first-order valence-corrected chi connectivity index (χ1v) is 4.44. The minimum atomic E-state index is -4.98. The topological polar surface area (TPSA) is 57.8 Å². The highest BCUT2D eigenvalue weighted by molar-refractivity contribution is 6.43. The predicted molar refractivity (Wildman–Crippen MR) is 51.9 cm³/mol. The molecule has 0 aromatic carbocycles. The van der Waals surface area contributed by atoms with Crippen LogP contribution in [-0.2, 0) is 4.79 Å². The second-order valence-corrected chi connectivity index (χ2v) is 3.31. The van der Waals surface area contributed by atoms with Crippen LogP contribution < -0.4 is 5.32 Å². The molecule has 4 nitrogen and oxygen atoms in total. The van der Waals surface area contributed by atoms with Gasteiger partial charge >= 0.3 is 6.18 Å². The first kappa shape index (κ1) is 12.6. The number of anilines is 1. The van der Waals surface area contributed by atoms with Crippen molar-refractivity contribution in [2.24, 2.45) is 0 Å². The average molecular weight is 254 g/mol. The number of allylic oxidation sites excluding steroid dienone is 1. The Morgan fingerprint density at radius 2 is 2.25 bits per heavy atom. The molecule has 0 amide bonds. The van der Waals surface area contributed by atoms with Crippen molar-refractivity contribution in [2.45, 2.75) is 13.1 Å². The molecule has 0 radical (unpaired) electrons. The molecule has 0 atom stereocenters. The fourth-order valence-corrected chi connectivity index (χ4v) is 0.992. The third-order valence-corrected chi connectivity index (χ3v) is 1.81. The van der Waals surface area contributed by atoms with Crippen molar-refractivity contribution >= 4 is 23.2 Å². The monoisotopic (exact) mass is 253 g/mol. The number of carbonyl (C=O) groups excluding carboxylic acids is 1. The van der Waals surface area contributed by atoms with E-state index in [0.717, 1.165) is 6.20 Å². The Morgan fingerprint density at radius 3 is 2.69 bits per heavy atom. The van der Waals surface area contributed by atoms with E-state index in [1.165, 1.54) is 0 Å². The van der Waals surface area contributed by atoms with Crippen molar-refractivity contribution < 1.29 is 18.0 Å². The molecule has 1 aromatic rings. The summed E-state index contributed by atoms with van der Waals surface area (Å²) in [4.78, 5) is 10.6. The number of halogens is 4. The summed E-state index contributed by atoms with van der Waals surface area (Å²) in [7, 11) is 0. The third kappa shape index (κ3) is 3.27. The normalized spacial score (nSPS) is 12.7. The number of H-pyrrole nitrogens is 1. The maximum Gasteiger partial charge on any atom is 0.455 e. The SMILES string of the molecule is Cc1cc(N/C=C(/Cl)C(=O)C(F)(F)F)n[nH]1. The van der Waals surface area contributed by atoms with E-state index in [0.29, 0.717) is 5.69 Å². The smallest absolute Gasteiger partial charge is 0.344 e. The van der Waals surface area contributed by atoms with Gasteiger partial charge < -0.3 is 5.32 Å². The van der Waals surface area contributed by atoms with E-state index in [1.807, 2.05) is 0 Å². The van der Waals surface area contributed by atoms with E-state index >= 15 is 0 Å². The molecule has 0 saturated heterocycles. The Kier molecular flexibility index (Phi) is 3.58. The van der Waals surface area contributed by atoms with Crippen molar-refractivity contribution in [1.82, 2.24) is 10.2 Å². The van der Waals surface area contributed by atoms with E-state index in [2.05, 4.69) is 15.5 Å². The van der Waals surface area contributed by atoms with Crippen LogP contribution in [0.2, 0.25) is 0 Å². The number of aryl methyl sites for hydroxylation is 1. The van der Waals surface area contributed by atoms with Crippen LogP contribution in [0.1, 0.15) is 5.69 Å². The van der Waals surface area contributed by atoms with E-state index < -0.39 is 17.0 Å². The first-order valence-electron chi connectivity index (χ1n) is 4.06. The highest BCUT2D eigenvalue weighted by Crippen LogP contribution is 2.22. The number of hydrogen-bond acceptors (Lipinski definition) is 3. The number of aromatic amines is 1. The van der Waals surface area contributed by atoms with E-state index in [4.69, 9.17) is 11.6 Å². The van der Waals surface area contributed by atoms with Gasteiger partial charge in [-0.25, -0.2) is 0 Å². The maximum absolute atomic E-state index is 11.9. The van der Waals surface area contributed by atoms with Crippen LogP contribution in [0.3, 0.4) is 0 Å². The highest BCUT2D eigenvalue weighted by atomic mass is 35.5. The van der Waals surface area contributed by atoms with Gasteiger partial charge in [0.25, 0.3) is 5.78 Å². The Bertz CT molecular complexity index is 424. The van der Waals surface area contributed by atoms with Gasteiger partial charge in [0, 0.05) is 18.0 Å². The first-order chi connectivity index (χ1) is 7.30. The van der Waals surface area contributed by atoms with E-state index in [9.17, 15) is 18.0 Å². The average Bonchev–Trinajstić information content (AvgIpc) is 2.58. The van der Waals surface area contributed by atoms with Gasteiger partial charge in [-0.2, -0.15) is 18.3 Å². The van der Waals surface area contributed by atoms with Crippen molar-refractivity contribution in [3.63, 3.8) is 0 Å². The van der Waals surface area contributed by atoms with Crippen LogP contribution in [0.4, 0.5) is 19.0 Å². The van der Waals surface area contributed by atoms with Gasteiger partial charge in [0.2, 0.25) is 0 Å². The van der Waals surface area contributed by atoms with E-state index in [1.54, 1.807) is 13.0 Å². The summed E-state index contributed by atoms with van der Waals surface area (Å²) in [5.41, 5.74) is 0.717. The molecule has 0 aliphatic rings. The number of hydrogen-bond donors (Lipinski definition) is 2. The molecule has 8 heteroatoms. The van der Waals surface area contributed by atoms with Crippen LogP contribution in [0.15, 0.2) is 17.3 Å². The largest absolute Gasteiger partial charge is 0.455 e. The molecule has 0 saturated carbocycles. The lowest BCUT2D eigenvalue weighted by molar-refractivity contribution is -0.165. The van der Waals surface area contributed by atoms with Crippen LogP contribution in [-0.4, -0.2) is 22.2 Å². The molecular formula is C8H7ClF3N3O. The highest BCUT2D eigenvalue weighted by Gasteiger charge is 2.40. The van der Waals surface area contributed by atoms with Crippen LogP contribution in [0.5, 0.6) is 0 Å². The van der Waals surface area contributed by atoms with Gasteiger partial charge in [-0.3, -0.25) is 9.89 Å². The van der Waals surface area contributed by atoms with Crippen LogP contribution >= 0.6 is 11.6 Å². The fraction of sp³-hybridized carbons (Fsp3) is 0.250. The van der Waals surface area contributed by atoms with Crippen molar-refractivity contribution in [3.8, 4) is 0 Å². The summed E-state index contributed by atoms with van der Waals surface area (Å²) in [6.45, 7) is 1.71. The second kappa shape index (κ2) is 4.56. The zero-order valence-electron chi connectivity index (χ0n) is 8.02. The van der Waals surface area contributed by atoms with E-state index in [-0.39, 0.29) is 5.82 Å². The lowest BCUT2D eigenvalue weighted by Crippen LogP contribution is -2.23. The standard InChI is InChI=1S/C8H7ClF3N3O/c1-4-2-6(15-14-4)13-3-5(9)7(16)8(10,11)12/h2-3H,1H3,(H2,13,14,15)/b5-3+. The minimum absolute atomic E-state index is 0.269. The van der Waals surface area contributed by atoms with Gasteiger partial charge in [0.1, 0.15) is 5.03 Å². The summed E-state index contributed by atoms with van der Waals surface area (Å²) in [6.07, 6.45) is -4.23. The molecule has 1 rings (SSSR count). The number of nitrogens with zero attached hydrogens (tertiary/aromatic N) is 1. The van der Waals surface area contributed by atoms with Gasteiger partial charge in [-0.15, -0.1) is 0 Å². The number of nitrogens with one attached hydrogen (secondary N) is 2. The molecular weight excluding hydrogens is 247 g/mol. The van der Waals surface area contributed by atoms with Gasteiger partial charge in [0.15, 0.2) is 5.82 Å². The quantitative estimate of drug-likeness (QED) is 0.813. The minimum Gasteiger partial charge on any atom is -0.344 e. The Balaban J connectivity index is 2.68. The number of carbonyl (C=O) groups is 1. The Morgan fingerprint density at radius 1 is 1.62 bits per heavy atom. The van der Waals surface area contributed by atoms with Gasteiger partial charge in [-0.1, -0.05) is 11.6 Å². The number of aromatic nitrogens is 2. The number of ketones is 1. The van der Waals surface area contributed by atoms with Gasteiger partial charge in [0.05, 0.1) is 0 Å². The van der Waals surface area contributed by atoms with Gasteiger partial charge in [-0.05, 0) is 6.92 Å². The van der Waals surface area contributed by atoms with Crippen molar-refractivity contribution in [2.75, 3.05) is 5.32 Å². The molecule has 0 aliphatic heterocycles. The summed E-state index contributed by atoms with van der Waals surface area (Å²) < 4.78 is 35.7. The molecule has 0 spiro atoms. The third-order valence-electron chi connectivity index (χ3n) is 1.53. The lowest BCUT2D eigenvalue weighted by atomic mass is 10.3.